The second-order valence-electron chi connectivity index (χ2n) is 3.01. The van der Waals surface area contributed by atoms with Crippen molar-refractivity contribution < 1.29 is 13.5 Å². The molecule has 0 saturated heterocycles. The molecular weight excluding hydrogens is 274 g/mol. The number of aliphatic hydroxyl groups excluding tert-OH is 1. The highest BCUT2D eigenvalue weighted by molar-refractivity contribution is 7.93. The Balaban J connectivity index is 0.000000771. The Morgan fingerprint density at radius 3 is 2.39 bits per heavy atom. The van der Waals surface area contributed by atoms with Crippen LogP contribution in [0, 0.1) is 0 Å². The van der Waals surface area contributed by atoms with Gasteiger partial charge in [0.05, 0.1) is 4.90 Å². The van der Waals surface area contributed by atoms with Crippen LogP contribution in [0.3, 0.4) is 0 Å². The van der Waals surface area contributed by atoms with Gasteiger partial charge < -0.3 is 10.8 Å². The van der Waals surface area contributed by atoms with Crippen LogP contribution in [-0.2, 0) is 10.0 Å². The SMILES string of the molecule is CO.Nc1ccc(S(=O)(=O)Nc2nccs2)cc1. The van der Waals surface area contributed by atoms with Gasteiger partial charge in [-0.15, -0.1) is 11.3 Å². The number of sulfonamides is 1. The van der Waals surface area contributed by atoms with E-state index in [4.69, 9.17) is 10.8 Å². The molecule has 0 spiro atoms. The van der Waals surface area contributed by atoms with Gasteiger partial charge in [-0.3, -0.25) is 4.72 Å². The second-order valence-corrected chi connectivity index (χ2v) is 5.59. The fourth-order valence-electron chi connectivity index (χ4n) is 1.09. The van der Waals surface area contributed by atoms with Crippen molar-refractivity contribution in [2.24, 2.45) is 0 Å². The number of nitrogens with zero attached hydrogens (tertiary/aromatic N) is 1. The molecule has 4 N–H and O–H groups in total. The molecule has 0 fully saturated rings. The predicted molar refractivity (Wildman–Crippen MR) is 71.9 cm³/mol. The van der Waals surface area contributed by atoms with Crippen LogP contribution in [0.5, 0.6) is 0 Å². The Kier molecular flexibility index (Phi) is 5.08. The van der Waals surface area contributed by atoms with E-state index >= 15 is 0 Å². The summed E-state index contributed by atoms with van der Waals surface area (Å²) in [5.41, 5.74) is 6.00. The summed E-state index contributed by atoms with van der Waals surface area (Å²) in [5, 5.41) is 9.04. The predicted octanol–water partition coefficient (Wildman–Crippen LogP) is 1.13. The first-order chi connectivity index (χ1) is 8.58. The van der Waals surface area contributed by atoms with Gasteiger partial charge in [-0.2, -0.15) is 0 Å². The number of benzene rings is 1. The molecule has 0 aliphatic carbocycles. The zero-order chi connectivity index (χ0) is 13.6. The largest absolute Gasteiger partial charge is 0.400 e. The summed E-state index contributed by atoms with van der Waals surface area (Å²) in [7, 11) is -2.56. The number of hydrogen-bond donors (Lipinski definition) is 3. The first-order valence-electron chi connectivity index (χ1n) is 4.80. The van der Waals surface area contributed by atoms with Crippen LogP contribution in [-0.4, -0.2) is 25.6 Å². The van der Waals surface area contributed by atoms with Gasteiger partial charge in [0.25, 0.3) is 10.0 Å². The second kappa shape index (κ2) is 6.34. The zero-order valence-electron chi connectivity index (χ0n) is 9.57. The topological polar surface area (TPSA) is 105 Å². The molecule has 8 heteroatoms. The molecular formula is C10H13N3O3S2. The number of aromatic nitrogens is 1. The van der Waals surface area contributed by atoms with Gasteiger partial charge in [0.1, 0.15) is 0 Å². The quantitative estimate of drug-likeness (QED) is 0.734. The molecule has 2 rings (SSSR count). The van der Waals surface area contributed by atoms with Crippen LogP contribution in [0.25, 0.3) is 0 Å². The van der Waals surface area contributed by atoms with Crippen molar-refractivity contribution in [3.8, 4) is 0 Å². The Morgan fingerprint density at radius 1 is 1.28 bits per heavy atom. The van der Waals surface area contributed by atoms with E-state index in [-0.39, 0.29) is 4.90 Å². The third kappa shape index (κ3) is 3.69. The first-order valence-corrected chi connectivity index (χ1v) is 7.17. The molecule has 6 nitrogen and oxygen atoms in total. The summed E-state index contributed by atoms with van der Waals surface area (Å²) in [5.74, 6) is 0. The van der Waals surface area contributed by atoms with Crippen molar-refractivity contribution in [1.82, 2.24) is 4.98 Å². The number of nitrogen functional groups attached to an aromatic ring is 1. The van der Waals surface area contributed by atoms with Gasteiger partial charge in [0.15, 0.2) is 5.13 Å². The highest BCUT2D eigenvalue weighted by atomic mass is 32.2. The Bertz CT molecular complexity index is 565. The van der Waals surface area contributed by atoms with Crippen LogP contribution < -0.4 is 10.5 Å². The number of hydrogen-bond acceptors (Lipinski definition) is 6. The van der Waals surface area contributed by atoms with Crippen LogP contribution >= 0.6 is 11.3 Å². The normalized spacial score (nSPS) is 10.3. The third-order valence-electron chi connectivity index (χ3n) is 1.84. The monoisotopic (exact) mass is 287 g/mol. The van der Waals surface area contributed by atoms with Crippen molar-refractivity contribution in [1.29, 1.82) is 0 Å². The standard InChI is InChI=1S/C9H9N3O2S2.CH4O/c10-7-1-3-8(4-2-7)16(13,14)12-9-11-5-6-15-9;1-2/h1-6H,10H2,(H,11,12);2H,1H3. The van der Waals surface area contributed by atoms with Crippen LogP contribution in [0.1, 0.15) is 0 Å². The van der Waals surface area contributed by atoms with Gasteiger partial charge >= 0.3 is 0 Å². The number of aliphatic hydroxyl groups is 1. The smallest absolute Gasteiger partial charge is 0.263 e. The minimum atomic E-state index is -3.56. The van der Waals surface area contributed by atoms with Crippen LogP contribution in [0.2, 0.25) is 0 Å². The fourth-order valence-corrected chi connectivity index (χ4v) is 2.88. The Morgan fingerprint density at radius 2 is 1.89 bits per heavy atom. The molecule has 0 radical (unpaired) electrons. The first kappa shape index (κ1) is 14.4. The highest BCUT2D eigenvalue weighted by Gasteiger charge is 2.14. The molecule has 0 saturated carbocycles. The summed E-state index contributed by atoms with van der Waals surface area (Å²) in [6, 6.07) is 5.98. The lowest BCUT2D eigenvalue weighted by Gasteiger charge is -2.04. The summed E-state index contributed by atoms with van der Waals surface area (Å²) in [4.78, 5) is 4.01. The van der Waals surface area contributed by atoms with Crippen molar-refractivity contribution in [2.75, 3.05) is 17.6 Å². The van der Waals surface area contributed by atoms with E-state index in [1.807, 2.05) is 0 Å². The maximum atomic E-state index is 11.8. The van der Waals surface area contributed by atoms with Gasteiger partial charge in [-0.25, -0.2) is 13.4 Å². The number of thiazole rings is 1. The summed E-state index contributed by atoms with van der Waals surface area (Å²) in [6.45, 7) is 0. The Labute approximate surface area is 109 Å². The van der Waals surface area contributed by atoms with E-state index in [0.29, 0.717) is 10.8 Å². The molecule has 0 aliphatic heterocycles. The van der Waals surface area contributed by atoms with E-state index in [1.165, 1.54) is 41.8 Å². The highest BCUT2D eigenvalue weighted by Crippen LogP contribution is 2.18. The molecule has 0 bridgehead atoms. The summed E-state index contributed by atoms with van der Waals surface area (Å²) >= 11 is 1.22. The van der Waals surface area contributed by atoms with Crippen LogP contribution in [0.4, 0.5) is 10.8 Å². The molecule has 1 heterocycles. The molecule has 98 valence electrons. The molecule has 0 amide bonds. The van der Waals surface area contributed by atoms with Gasteiger partial charge in [-0.05, 0) is 24.3 Å². The molecule has 0 unspecified atom stereocenters. The van der Waals surface area contributed by atoms with E-state index < -0.39 is 10.0 Å². The molecule has 18 heavy (non-hydrogen) atoms. The van der Waals surface area contributed by atoms with E-state index in [1.54, 1.807) is 5.38 Å². The van der Waals surface area contributed by atoms with E-state index in [2.05, 4.69) is 9.71 Å². The number of nitrogens with two attached hydrogens (primary N) is 1. The summed E-state index contributed by atoms with van der Waals surface area (Å²) < 4.78 is 26.0. The van der Waals surface area contributed by atoms with Crippen LogP contribution in [0.15, 0.2) is 40.7 Å². The number of nitrogens with one attached hydrogen (secondary N) is 1. The van der Waals surface area contributed by atoms with Crippen molar-refractivity contribution in [3.63, 3.8) is 0 Å². The molecule has 2 aromatic rings. The van der Waals surface area contributed by atoms with Gasteiger partial charge in [0.2, 0.25) is 0 Å². The maximum absolute atomic E-state index is 11.8. The Hall–Kier alpha value is -1.64. The number of anilines is 2. The average Bonchev–Trinajstić information content (AvgIpc) is 2.84. The third-order valence-corrected chi connectivity index (χ3v) is 4.02. The molecule has 1 aromatic heterocycles. The van der Waals surface area contributed by atoms with Crippen molar-refractivity contribution in [3.05, 3.63) is 35.8 Å². The molecule has 0 atom stereocenters. The zero-order valence-corrected chi connectivity index (χ0v) is 11.2. The van der Waals surface area contributed by atoms with Crippen molar-refractivity contribution >= 4 is 32.2 Å². The lowest BCUT2D eigenvalue weighted by Crippen LogP contribution is -2.12. The fraction of sp³-hybridized carbons (Fsp3) is 0.100. The lowest BCUT2D eigenvalue weighted by molar-refractivity contribution is 0.399. The minimum Gasteiger partial charge on any atom is -0.400 e. The molecule has 1 aromatic carbocycles. The van der Waals surface area contributed by atoms with Gasteiger partial charge in [0, 0.05) is 24.4 Å². The molecule has 0 aliphatic rings. The minimum absolute atomic E-state index is 0.164. The number of rotatable bonds is 3. The maximum Gasteiger partial charge on any atom is 0.263 e. The average molecular weight is 287 g/mol. The van der Waals surface area contributed by atoms with E-state index in [9.17, 15) is 8.42 Å². The summed E-state index contributed by atoms with van der Waals surface area (Å²) in [6.07, 6.45) is 1.53. The van der Waals surface area contributed by atoms with Crippen molar-refractivity contribution in [2.45, 2.75) is 4.90 Å². The van der Waals surface area contributed by atoms with E-state index in [0.717, 1.165) is 7.11 Å². The van der Waals surface area contributed by atoms with Gasteiger partial charge in [-0.1, -0.05) is 0 Å². The lowest BCUT2D eigenvalue weighted by atomic mass is 10.3.